The predicted molar refractivity (Wildman–Crippen MR) is 106 cm³/mol. The molecule has 0 aliphatic heterocycles. The molecule has 0 bridgehead atoms. The lowest BCUT2D eigenvalue weighted by Gasteiger charge is -2.23. The van der Waals surface area contributed by atoms with Gasteiger partial charge in [-0.15, -0.1) is 0 Å². The topological polar surface area (TPSA) is 46.9 Å². The van der Waals surface area contributed by atoms with Gasteiger partial charge >= 0.3 is 0 Å². The minimum atomic E-state index is -0.0132. The molecule has 0 saturated carbocycles. The summed E-state index contributed by atoms with van der Waals surface area (Å²) in [6.45, 7) is 6.45. The lowest BCUT2D eigenvalue weighted by Crippen LogP contribution is -2.18. The summed E-state index contributed by atoms with van der Waals surface area (Å²) in [6, 6.07) is 18.0. The third-order valence-corrected chi connectivity index (χ3v) is 4.31. The molecule has 0 radical (unpaired) electrons. The highest BCUT2D eigenvalue weighted by molar-refractivity contribution is 5.91. The molecule has 0 fully saturated rings. The van der Waals surface area contributed by atoms with Crippen molar-refractivity contribution in [2.75, 3.05) is 5.32 Å². The van der Waals surface area contributed by atoms with Crippen LogP contribution in [0, 0.1) is 0 Å². The molecule has 3 aromatic rings. The van der Waals surface area contributed by atoms with Gasteiger partial charge in [0.05, 0.1) is 11.9 Å². The van der Waals surface area contributed by atoms with Crippen LogP contribution in [0.5, 0.6) is 0 Å². The van der Waals surface area contributed by atoms with Crippen molar-refractivity contribution < 1.29 is 4.79 Å². The molecular weight excluding hydrogens is 322 g/mol. The molecule has 4 nitrogen and oxygen atoms in total. The van der Waals surface area contributed by atoms with Crippen LogP contribution in [0.4, 0.5) is 5.69 Å². The molecule has 0 unspecified atom stereocenters. The Morgan fingerprint density at radius 3 is 2.46 bits per heavy atom. The van der Waals surface area contributed by atoms with E-state index in [1.807, 2.05) is 65.6 Å². The van der Waals surface area contributed by atoms with Crippen LogP contribution in [-0.4, -0.2) is 15.7 Å². The standard InChI is InChI=1S/C22H25N3O/c1-22(2,3)19-11-7-8-12-20(19)24-21(26)14-13-17-15-23-25(16-17)18-9-5-4-6-10-18/h4-12,15-16H,13-14H2,1-3H3,(H,24,26). The molecule has 26 heavy (non-hydrogen) atoms. The van der Waals surface area contributed by atoms with Crippen LogP contribution in [0.1, 0.15) is 38.3 Å². The second kappa shape index (κ2) is 7.56. The summed E-state index contributed by atoms with van der Waals surface area (Å²) in [6.07, 6.45) is 4.89. The zero-order valence-electron chi connectivity index (χ0n) is 15.6. The van der Waals surface area contributed by atoms with Crippen LogP contribution in [0.2, 0.25) is 0 Å². The Morgan fingerprint density at radius 2 is 1.73 bits per heavy atom. The van der Waals surface area contributed by atoms with Gasteiger partial charge in [-0.3, -0.25) is 4.79 Å². The molecule has 3 rings (SSSR count). The van der Waals surface area contributed by atoms with E-state index in [1.54, 1.807) is 0 Å². The van der Waals surface area contributed by atoms with Crippen LogP contribution in [0.15, 0.2) is 67.0 Å². The highest BCUT2D eigenvalue weighted by Gasteiger charge is 2.18. The Bertz CT molecular complexity index is 876. The first kappa shape index (κ1) is 17.9. The fourth-order valence-corrected chi connectivity index (χ4v) is 2.93. The molecule has 0 atom stereocenters. The maximum atomic E-state index is 12.4. The maximum Gasteiger partial charge on any atom is 0.224 e. The third-order valence-electron chi connectivity index (χ3n) is 4.31. The van der Waals surface area contributed by atoms with Crippen molar-refractivity contribution >= 4 is 11.6 Å². The number of hydrogen-bond donors (Lipinski definition) is 1. The summed E-state index contributed by atoms with van der Waals surface area (Å²) >= 11 is 0. The fraction of sp³-hybridized carbons (Fsp3) is 0.273. The second-order valence-electron chi connectivity index (χ2n) is 7.47. The van der Waals surface area contributed by atoms with Gasteiger partial charge in [0.25, 0.3) is 0 Å². The number of anilines is 1. The first-order chi connectivity index (χ1) is 12.4. The molecule has 1 N–H and O–H groups in total. The molecule has 0 spiro atoms. The molecule has 1 heterocycles. The number of amides is 1. The average molecular weight is 347 g/mol. The number of carbonyl (C=O) groups excluding carboxylic acids is 1. The van der Waals surface area contributed by atoms with E-state index in [1.165, 1.54) is 0 Å². The number of aromatic nitrogens is 2. The molecule has 0 aliphatic rings. The minimum Gasteiger partial charge on any atom is -0.326 e. The summed E-state index contributed by atoms with van der Waals surface area (Å²) in [5.41, 5.74) is 4.09. The number of carbonyl (C=O) groups is 1. The maximum absolute atomic E-state index is 12.4. The van der Waals surface area contributed by atoms with Gasteiger partial charge in [0.15, 0.2) is 0 Å². The molecule has 0 aliphatic carbocycles. The van der Waals surface area contributed by atoms with Crippen molar-refractivity contribution in [2.24, 2.45) is 0 Å². The normalized spacial score (nSPS) is 11.3. The fourth-order valence-electron chi connectivity index (χ4n) is 2.93. The second-order valence-corrected chi connectivity index (χ2v) is 7.47. The van der Waals surface area contributed by atoms with Crippen molar-refractivity contribution in [3.8, 4) is 5.69 Å². The van der Waals surface area contributed by atoms with Gasteiger partial charge in [0.1, 0.15) is 0 Å². The number of benzene rings is 2. The third kappa shape index (κ3) is 4.39. The van der Waals surface area contributed by atoms with Crippen LogP contribution in [-0.2, 0) is 16.6 Å². The zero-order valence-corrected chi connectivity index (χ0v) is 15.6. The lowest BCUT2D eigenvalue weighted by molar-refractivity contribution is -0.116. The van der Waals surface area contributed by atoms with Crippen LogP contribution in [0.3, 0.4) is 0 Å². The largest absolute Gasteiger partial charge is 0.326 e. The van der Waals surface area contributed by atoms with E-state index in [-0.39, 0.29) is 11.3 Å². The Morgan fingerprint density at radius 1 is 1.04 bits per heavy atom. The summed E-state index contributed by atoms with van der Waals surface area (Å²) in [4.78, 5) is 12.4. The van der Waals surface area contributed by atoms with Crippen molar-refractivity contribution in [1.82, 2.24) is 9.78 Å². The number of rotatable bonds is 5. The molecule has 0 saturated heterocycles. The zero-order chi connectivity index (χ0) is 18.6. The highest BCUT2D eigenvalue weighted by Crippen LogP contribution is 2.29. The molecule has 4 heteroatoms. The van der Waals surface area contributed by atoms with E-state index < -0.39 is 0 Å². The smallest absolute Gasteiger partial charge is 0.224 e. The van der Waals surface area contributed by atoms with Crippen molar-refractivity contribution in [3.63, 3.8) is 0 Å². The SMILES string of the molecule is CC(C)(C)c1ccccc1NC(=O)CCc1cnn(-c2ccccc2)c1. The van der Waals surface area contributed by atoms with E-state index >= 15 is 0 Å². The Hall–Kier alpha value is -2.88. The number of para-hydroxylation sites is 2. The van der Waals surface area contributed by atoms with E-state index in [9.17, 15) is 4.79 Å². The molecule has 1 amide bonds. The monoisotopic (exact) mass is 347 g/mol. The number of nitrogens with one attached hydrogen (secondary N) is 1. The highest BCUT2D eigenvalue weighted by atomic mass is 16.1. The van der Waals surface area contributed by atoms with Crippen LogP contribution < -0.4 is 5.32 Å². The van der Waals surface area contributed by atoms with E-state index in [4.69, 9.17) is 0 Å². The summed E-state index contributed by atoms with van der Waals surface area (Å²) < 4.78 is 1.84. The van der Waals surface area contributed by atoms with E-state index in [2.05, 4.69) is 37.3 Å². The Labute approximate surface area is 154 Å². The van der Waals surface area contributed by atoms with Gasteiger partial charge in [-0.05, 0) is 41.2 Å². The van der Waals surface area contributed by atoms with Gasteiger partial charge in [0.2, 0.25) is 5.91 Å². The number of hydrogen-bond acceptors (Lipinski definition) is 2. The molecule has 134 valence electrons. The van der Waals surface area contributed by atoms with Gasteiger partial charge in [-0.1, -0.05) is 57.2 Å². The summed E-state index contributed by atoms with van der Waals surface area (Å²) in [7, 11) is 0. The Balaban J connectivity index is 1.61. The summed E-state index contributed by atoms with van der Waals surface area (Å²) in [5.74, 6) is 0.0224. The predicted octanol–water partition coefficient (Wildman–Crippen LogP) is 4.74. The van der Waals surface area contributed by atoms with Crippen LogP contribution >= 0.6 is 0 Å². The first-order valence-electron chi connectivity index (χ1n) is 8.92. The lowest BCUT2D eigenvalue weighted by atomic mass is 9.86. The van der Waals surface area contributed by atoms with Crippen molar-refractivity contribution in [1.29, 1.82) is 0 Å². The van der Waals surface area contributed by atoms with Gasteiger partial charge in [-0.2, -0.15) is 5.10 Å². The van der Waals surface area contributed by atoms with Gasteiger partial charge < -0.3 is 5.32 Å². The van der Waals surface area contributed by atoms with Crippen molar-refractivity contribution in [3.05, 3.63) is 78.1 Å². The van der Waals surface area contributed by atoms with Gasteiger partial charge in [-0.25, -0.2) is 4.68 Å². The molecule has 2 aromatic carbocycles. The van der Waals surface area contributed by atoms with E-state index in [0.717, 1.165) is 22.5 Å². The van der Waals surface area contributed by atoms with Gasteiger partial charge in [0, 0.05) is 18.3 Å². The molecular formula is C22H25N3O. The van der Waals surface area contributed by atoms with E-state index in [0.29, 0.717) is 12.8 Å². The summed E-state index contributed by atoms with van der Waals surface area (Å²) in [5, 5.41) is 7.44. The number of nitrogens with zero attached hydrogens (tertiary/aromatic N) is 2. The van der Waals surface area contributed by atoms with Crippen molar-refractivity contribution in [2.45, 2.75) is 39.0 Å². The Kier molecular flexibility index (Phi) is 5.21. The average Bonchev–Trinajstić information content (AvgIpc) is 3.09. The first-order valence-corrected chi connectivity index (χ1v) is 8.92. The quantitative estimate of drug-likeness (QED) is 0.724. The number of aryl methyl sites for hydroxylation is 1. The minimum absolute atomic E-state index is 0.0132. The van der Waals surface area contributed by atoms with Crippen LogP contribution in [0.25, 0.3) is 5.69 Å². The molecule has 1 aromatic heterocycles.